The van der Waals surface area contributed by atoms with Gasteiger partial charge in [0.25, 0.3) is 5.91 Å². The molecule has 7 nitrogen and oxygen atoms in total. The van der Waals surface area contributed by atoms with Gasteiger partial charge in [-0.05, 0) is 66.3 Å². The Kier molecular flexibility index (Phi) is 14.8. The number of hydrogen-bond acceptors (Lipinski definition) is 4. The van der Waals surface area contributed by atoms with Gasteiger partial charge in [0.05, 0.1) is 29.9 Å². The van der Waals surface area contributed by atoms with Gasteiger partial charge in [0.2, 0.25) is 0 Å². The molecule has 1 amide bonds. The van der Waals surface area contributed by atoms with Crippen molar-refractivity contribution in [3.05, 3.63) is 102 Å². The first-order chi connectivity index (χ1) is 19.7. The minimum atomic E-state index is -1.18. The van der Waals surface area contributed by atoms with E-state index in [0.717, 1.165) is 11.3 Å². The van der Waals surface area contributed by atoms with Crippen LogP contribution in [0.1, 0.15) is 57.9 Å². The number of aliphatic hydroxyl groups excluding tert-OH is 2. The Bertz CT molecular complexity index is 1490. The molecule has 0 aliphatic rings. The van der Waals surface area contributed by atoms with Crippen molar-refractivity contribution in [1.82, 2.24) is 4.57 Å². The quantitative estimate of drug-likeness (QED) is 0.176. The molecule has 0 radical (unpaired) electrons. The third kappa shape index (κ3) is 9.61. The van der Waals surface area contributed by atoms with Crippen LogP contribution in [0, 0.1) is 5.82 Å². The monoisotopic (exact) mass is 606 g/mol. The number of halogens is 1. The van der Waals surface area contributed by atoms with Gasteiger partial charge in [0.1, 0.15) is 5.82 Å². The molecule has 1 aromatic heterocycles. The van der Waals surface area contributed by atoms with Crippen LogP contribution in [0.3, 0.4) is 0 Å². The number of nitrogens with one attached hydrogen (secondary N) is 1. The van der Waals surface area contributed by atoms with Crippen LogP contribution in [-0.4, -0.2) is 44.0 Å². The van der Waals surface area contributed by atoms with Crippen molar-refractivity contribution >= 4 is 17.6 Å². The van der Waals surface area contributed by atoms with Gasteiger partial charge in [0, 0.05) is 23.5 Å². The molecule has 4 N–H and O–H groups in total. The third-order valence-electron chi connectivity index (χ3n) is 6.93. The van der Waals surface area contributed by atoms with Gasteiger partial charge in [-0.3, -0.25) is 9.59 Å². The second-order valence-electron chi connectivity index (χ2n) is 10.4. The summed E-state index contributed by atoms with van der Waals surface area (Å²) in [5, 5.41) is 32.8. The Morgan fingerprint density at radius 3 is 2.00 bits per heavy atom. The molecule has 1 heterocycles. The summed E-state index contributed by atoms with van der Waals surface area (Å²) in [6, 6.07) is 24.8. The van der Waals surface area contributed by atoms with Crippen molar-refractivity contribution in [3.63, 3.8) is 0 Å². The Balaban J connectivity index is 0.00000484. The number of amides is 1. The number of rotatable bonds is 12. The molecule has 0 bridgehead atoms. The molecule has 4 aromatic rings. The average molecular weight is 607 g/mol. The molecule has 0 fully saturated rings. The van der Waals surface area contributed by atoms with Crippen molar-refractivity contribution in [2.75, 3.05) is 5.32 Å². The van der Waals surface area contributed by atoms with Gasteiger partial charge in [-0.1, -0.05) is 62.4 Å². The van der Waals surface area contributed by atoms with Crippen LogP contribution in [0.4, 0.5) is 10.1 Å². The standard InChI is InChI=1S/C33H35FN2O5.2Na.2H/c1-21(2)31-30(33(41)35-25-11-7-4-8-12-25)29(22-9-5-3-6-10-22)32(23-13-15-24(34)16-14-23)36(31)18-17-26(37)19-27(38)20-28(39)40;;;;/h3-16,21,26-27,37-38H,17-20H2,1-2H3,(H,35,41)(H,39,40);;;;/q;2*+1;2*-1/t26-,27-;;;;/m1..../s1. The molecular formula is C33H37FN2Na2O5. The van der Waals surface area contributed by atoms with E-state index in [1.54, 1.807) is 12.1 Å². The molecule has 4 rings (SSSR count). The number of aromatic nitrogens is 1. The van der Waals surface area contributed by atoms with Gasteiger partial charge in [-0.2, -0.15) is 0 Å². The zero-order valence-corrected chi connectivity index (χ0v) is 29.1. The van der Waals surface area contributed by atoms with Crippen molar-refractivity contribution in [2.45, 2.75) is 57.8 Å². The number of benzene rings is 3. The minimum Gasteiger partial charge on any atom is -1.00 e. The molecule has 0 aliphatic carbocycles. The maximum atomic E-state index is 14.0. The van der Waals surface area contributed by atoms with Crippen molar-refractivity contribution in [3.8, 4) is 22.4 Å². The second kappa shape index (κ2) is 17.3. The van der Waals surface area contributed by atoms with E-state index in [4.69, 9.17) is 5.11 Å². The first-order valence-electron chi connectivity index (χ1n) is 13.7. The van der Waals surface area contributed by atoms with Gasteiger partial charge >= 0.3 is 65.1 Å². The number of aliphatic hydroxyl groups is 2. The van der Waals surface area contributed by atoms with E-state index >= 15 is 0 Å². The Morgan fingerprint density at radius 1 is 0.860 bits per heavy atom. The van der Waals surface area contributed by atoms with Crippen molar-refractivity contribution in [1.29, 1.82) is 0 Å². The van der Waals surface area contributed by atoms with Crippen molar-refractivity contribution in [2.24, 2.45) is 0 Å². The fourth-order valence-corrected chi connectivity index (χ4v) is 5.20. The maximum Gasteiger partial charge on any atom is 1.00 e. The van der Waals surface area contributed by atoms with Crippen LogP contribution in [0.2, 0.25) is 0 Å². The van der Waals surface area contributed by atoms with E-state index in [0.29, 0.717) is 28.1 Å². The predicted molar refractivity (Wildman–Crippen MR) is 159 cm³/mol. The second-order valence-corrected chi connectivity index (χ2v) is 10.4. The molecule has 0 saturated heterocycles. The summed E-state index contributed by atoms with van der Waals surface area (Å²) in [4.78, 5) is 25.0. The van der Waals surface area contributed by atoms with Crippen LogP contribution in [-0.2, 0) is 11.3 Å². The smallest absolute Gasteiger partial charge is 1.00 e. The number of carboxylic acid groups (broad SMARTS) is 1. The first kappa shape index (κ1) is 36.9. The van der Waals surface area contributed by atoms with Crippen LogP contribution >= 0.6 is 0 Å². The molecule has 0 aliphatic heterocycles. The predicted octanol–water partition coefficient (Wildman–Crippen LogP) is 0.547. The summed E-state index contributed by atoms with van der Waals surface area (Å²) >= 11 is 0. The average Bonchev–Trinajstić information content (AvgIpc) is 3.28. The van der Waals surface area contributed by atoms with Crippen LogP contribution in [0.15, 0.2) is 84.9 Å². The number of para-hydroxylation sites is 1. The Hall–Kier alpha value is -2.27. The van der Waals surface area contributed by atoms with Crippen LogP contribution in [0.5, 0.6) is 0 Å². The summed E-state index contributed by atoms with van der Waals surface area (Å²) in [7, 11) is 0. The first-order valence-corrected chi connectivity index (χ1v) is 13.7. The Labute approximate surface area is 298 Å². The molecule has 0 unspecified atom stereocenters. The van der Waals surface area contributed by atoms with E-state index in [-0.39, 0.29) is 99.0 Å². The number of anilines is 1. The topological polar surface area (TPSA) is 112 Å². The molecule has 43 heavy (non-hydrogen) atoms. The third-order valence-corrected chi connectivity index (χ3v) is 6.93. The molecule has 0 spiro atoms. The fourth-order valence-electron chi connectivity index (χ4n) is 5.20. The molecular weight excluding hydrogens is 569 g/mol. The number of carbonyl (C=O) groups excluding carboxylic acids is 1. The molecule has 10 heteroatoms. The summed E-state index contributed by atoms with van der Waals surface area (Å²) in [6.07, 6.45) is -2.51. The summed E-state index contributed by atoms with van der Waals surface area (Å²) in [5.74, 6) is -1.93. The maximum absolute atomic E-state index is 14.0. The number of carboxylic acids is 1. The number of nitrogens with zero attached hydrogens (tertiary/aromatic N) is 1. The van der Waals surface area contributed by atoms with E-state index < -0.39 is 24.6 Å². The van der Waals surface area contributed by atoms with E-state index in [1.807, 2.05) is 79.1 Å². The molecule has 0 saturated carbocycles. The summed E-state index contributed by atoms with van der Waals surface area (Å²) < 4.78 is 16.0. The van der Waals surface area contributed by atoms with E-state index in [9.17, 15) is 24.2 Å². The van der Waals surface area contributed by atoms with Crippen LogP contribution in [0.25, 0.3) is 22.4 Å². The Morgan fingerprint density at radius 2 is 1.44 bits per heavy atom. The van der Waals surface area contributed by atoms with Crippen molar-refractivity contribution < 1.29 is 91.3 Å². The van der Waals surface area contributed by atoms with Gasteiger partial charge in [-0.25, -0.2) is 4.39 Å². The number of aliphatic carboxylic acids is 1. The molecule has 3 aromatic carbocycles. The van der Waals surface area contributed by atoms with Gasteiger partial charge in [-0.15, -0.1) is 0 Å². The largest absolute Gasteiger partial charge is 1.00 e. The number of hydrogen-bond donors (Lipinski definition) is 4. The summed E-state index contributed by atoms with van der Waals surface area (Å²) in [6.45, 7) is 4.25. The normalized spacial score (nSPS) is 12.1. The zero-order chi connectivity index (χ0) is 29.5. The van der Waals surface area contributed by atoms with E-state index in [1.165, 1.54) is 12.1 Å². The fraction of sp³-hybridized carbons (Fsp3) is 0.273. The molecule has 2 atom stereocenters. The SMILES string of the molecule is CC(C)c1c(C(=O)Nc2ccccc2)c(-c2ccccc2)c(-c2ccc(F)cc2)n1CC[C@@H](O)C[C@@H](O)CC(=O)O.[H-].[H-].[Na+].[Na+]. The minimum absolute atomic E-state index is 0. The van der Waals surface area contributed by atoms with E-state index in [2.05, 4.69) is 5.32 Å². The van der Waals surface area contributed by atoms with Gasteiger partial charge in [0.15, 0.2) is 0 Å². The molecule has 218 valence electrons. The summed E-state index contributed by atoms with van der Waals surface area (Å²) in [5.41, 5.74) is 4.77. The van der Waals surface area contributed by atoms with Crippen LogP contribution < -0.4 is 64.4 Å². The number of carbonyl (C=O) groups is 2. The zero-order valence-electron chi connectivity index (χ0n) is 27.1. The van der Waals surface area contributed by atoms with Gasteiger partial charge < -0.3 is 28.1 Å².